The first kappa shape index (κ1) is 9.74. The van der Waals surface area contributed by atoms with E-state index in [2.05, 4.69) is 10.5 Å². The molecule has 64 valence electrons. The van der Waals surface area contributed by atoms with Crippen molar-refractivity contribution in [3.8, 4) is 0 Å². The lowest BCUT2D eigenvalue weighted by molar-refractivity contribution is 0.146. The molecule has 5 nitrogen and oxygen atoms in total. The van der Waals surface area contributed by atoms with E-state index in [1.807, 2.05) is 6.92 Å². The zero-order valence-corrected chi connectivity index (χ0v) is 6.42. The summed E-state index contributed by atoms with van der Waals surface area (Å²) in [5, 5.41) is 1.78. The molecule has 0 atom stereocenters. The van der Waals surface area contributed by atoms with Crippen LogP contribution in [0.3, 0.4) is 0 Å². The molecule has 0 unspecified atom stereocenters. The lowest BCUT2D eigenvalue weighted by Gasteiger charge is -2.01. The fourth-order valence-corrected chi connectivity index (χ4v) is 0.446. The molecule has 0 aliphatic rings. The molecule has 0 aromatic heterocycles. The summed E-state index contributed by atoms with van der Waals surface area (Å²) in [5.74, 6) is 0. The van der Waals surface area contributed by atoms with E-state index < -0.39 is 12.1 Å². The lowest BCUT2D eigenvalue weighted by Crippen LogP contribution is -2.35. The highest BCUT2D eigenvalue weighted by molar-refractivity contribution is 5.89. The standard InChI is InChI=1S/C6H12N2O3/c1-2-3-4-11-6(10)8-5(7)9/h2-4H2,1H3,(H3,7,8,9,10). The van der Waals surface area contributed by atoms with Crippen molar-refractivity contribution < 1.29 is 14.3 Å². The van der Waals surface area contributed by atoms with Crippen LogP contribution in [0.2, 0.25) is 0 Å². The zero-order valence-electron chi connectivity index (χ0n) is 6.42. The van der Waals surface area contributed by atoms with Crippen molar-refractivity contribution in [2.45, 2.75) is 19.8 Å². The minimum Gasteiger partial charge on any atom is -0.449 e. The van der Waals surface area contributed by atoms with Gasteiger partial charge in [0.15, 0.2) is 0 Å². The van der Waals surface area contributed by atoms with Gasteiger partial charge < -0.3 is 10.5 Å². The van der Waals surface area contributed by atoms with Crippen LogP contribution < -0.4 is 11.1 Å². The number of carbonyl (C=O) groups excluding carboxylic acids is 2. The van der Waals surface area contributed by atoms with Crippen molar-refractivity contribution in [2.75, 3.05) is 6.61 Å². The maximum Gasteiger partial charge on any atom is 0.415 e. The highest BCUT2D eigenvalue weighted by Gasteiger charge is 2.02. The van der Waals surface area contributed by atoms with Gasteiger partial charge in [0, 0.05) is 0 Å². The van der Waals surface area contributed by atoms with Crippen LogP contribution >= 0.6 is 0 Å². The normalized spacial score (nSPS) is 8.82. The molecule has 0 fully saturated rings. The molecular formula is C6H12N2O3. The third kappa shape index (κ3) is 6.63. The zero-order chi connectivity index (χ0) is 8.69. The fraction of sp³-hybridized carbons (Fsp3) is 0.667. The van der Waals surface area contributed by atoms with E-state index in [0.717, 1.165) is 12.8 Å². The second kappa shape index (κ2) is 5.52. The van der Waals surface area contributed by atoms with Gasteiger partial charge in [0.05, 0.1) is 6.61 Å². The number of nitrogens with one attached hydrogen (secondary N) is 1. The number of amides is 3. The van der Waals surface area contributed by atoms with Gasteiger partial charge in [0.25, 0.3) is 0 Å². The highest BCUT2D eigenvalue weighted by Crippen LogP contribution is 1.87. The molecule has 0 aliphatic carbocycles. The van der Waals surface area contributed by atoms with E-state index in [0.29, 0.717) is 6.61 Å². The summed E-state index contributed by atoms with van der Waals surface area (Å²) in [5.41, 5.74) is 4.65. The number of unbranched alkanes of at least 4 members (excludes halogenated alkanes) is 1. The van der Waals surface area contributed by atoms with E-state index in [1.54, 1.807) is 5.32 Å². The number of rotatable bonds is 3. The van der Waals surface area contributed by atoms with E-state index in [9.17, 15) is 9.59 Å². The van der Waals surface area contributed by atoms with Crippen molar-refractivity contribution in [3.63, 3.8) is 0 Å². The Bertz CT molecular complexity index is 147. The molecule has 5 heteroatoms. The lowest BCUT2D eigenvalue weighted by atomic mass is 10.4. The molecule has 0 spiro atoms. The van der Waals surface area contributed by atoms with Gasteiger partial charge >= 0.3 is 12.1 Å². The van der Waals surface area contributed by atoms with Gasteiger partial charge in [-0.2, -0.15) is 0 Å². The summed E-state index contributed by atoms with van der Waals surface area (Å²) < 4.78 is 4.54. The maximum atomic E-state index is 10.5. The van der Waals surface area contributed by atoms with Crippen LogP contribution in [0.4, 0.5) is 9.59 Å². The second-order valence-corrected chi connectivity index (χ2v) is 1.98. The molecule has 0 bridgehead atoms. The molecular weight excluding hydrogens is 148 g/mol. The minimum atomic E-state index is -0.897. The van der Waals surface area contributed by atoms with Gasteiger partial charge in [-0.15, -0.1) is 0 Å². The molecule has 0 aromatic carbocycles. The molecule has 0 saturated heterocycles. The van der Waals surface area contributed by atoms with Crippen molar-refractivity contribution in [1.29, 1.82) is 0 Å². The van der Waals surface area contributed by atoms with Gasteiger partial charge in [0.1, 0.15) is 0 Å². The first-order chi connectivity index (χ1) is 5.16. The van der Waals surface area contributed by atoms with Crippen molar-refractivity contribution in [2.24, 2.45) is 5.73 Å². The number of nitrogens with two attached hydrogens (primary N) is 1. The molecule has 0 rings (SSSR count). The quantitative estimate of drug-likeness (QED) is 0.593. The summed E-state index contributed by atoms with van der Waals surface area (Å²) in [7, 11) is 0. The largest absolute Gasteiger partial charge is 0.449 e. The summed E-state index contributed by atoms with van der Waals surface area (Å²) in [4.78, 5) is 20.5. The Morgan fingerprint density at radius 2 is 2.18 bits per heavy atom. The third-order valence-electron chi connectivity index (χ3n) is 0.956. The summed E-state index contributed by atoms with van der Waals surface area (Å²) in [6.07, 6.45) is 0.932. The predicted octanol–water partition coefficient (Wildman–Crippen LogP) is 0.591. The average Bonchev–Trinajstić information content (AvgIpc) is 1.86. The summed E-state index contributed by atoms with van der Waals surface area (Å²) in [6.45, 7) is 2.28. The Labute approximate surface area is 64.9 Å². The Balaban J connectivity index is 3.30. The molecule has 0 aromatic rings. The monoisotopic (exact) mass is 160 g/mol. The van der Waals surface area contributed by atoms with Crippen molar-refractivity contribution in [3.05, 3.63) is 0 Å². The number of imide groups is 1. The van der Waals surface area contributed by atoms with Crippen LogP contribution in [0.5, 0.6) is 0 Å². The van der Waals surface area contributed by atoms with Crippen LogP contribution in [0.1, 0.15) is 19.8 Å². The van der Waals surface area contributed by atoms with Crippen LogP contribution in [0.25, 0.3) is 0 Å². The van der Waals surface area contributed by atoms with Gasteiger partial charge in [-0.1, -0.05) is 13.3 Å². The van der Waals surface area contributed by atoms with Crippen molar-refractivity contribution >= 4 is 12.1 Å². The van der Waals surface area contributed by atoms with Gasteiger partial charge in [-0.25, -0.2) is 14.9 Å². The number of primary amides is 1. The highest BCUT2D eigenvalue weighted by atomic mass is 16.5. The van der Waals surface area contributed by atoms with Crippen molar-refractivity contribution in [1.82, 2.24) is 5.32 Å². The van der Waals surface area contributed by atoms with E-state index in [4.69, 9.17) is 0 Å². The molecule has 3 N–H and O–H groups in total. The van der Waals surface area contributed by atoms with Gasteiger partial charge in [0.2, 0.25) is 0 Å². The average molecular weight is 160 g/mol. The second-order valence-electron chi connectivity index (χ2n) is 1.98. The SMILES string of the molecule is CCCCOC(=O)NC(N)=O. The number of urea groups is 1. The van der Waals surface area contributed by atoms with Crippen LogP contribution in [0.15, 0.2) is 0 Å². The Morgan fingerprint density at radius 1 is 1.55 bits per heavy atom. The fourth-order valence-electron chi connectivity index (χ4n) is 0.446. The number of hydrogen-bond acceptors (Lipinski definition) is 3. The van der Waals surface area contributed by atoms with Crippen LogP contribution in [-0.2, 0) is 4.74 Å². The Morgan fingerprint density at radius 3 is 2.64 bits per heavy atom. The smallest absolute Gasteiger partial charge is 0.415 e. The molecule has 0 aliphatic heterocycles. The van der Waals surface area contributed by atoms with E-state index >= 15 is 0 Å². The molecule has 0 radical (unpaired) electrons. The molecule has 11 heavy (non-hydrogen) atoms. The third-order valence-corrected chi connectivity index (χ3v) is 0.956. The van der Waals surface area contributed by atoms with Crippen LogP contribution in [-0.4, -0.2) is 18.7 Å². The summed E-state index contributed by atoms with van der Waals surface area (Å²) in [6, 6.07) is -0.897. The predicted molar refractivity (Wildman–Crippen MR) is 39.0 cm³/mol. The first-order valence-electron chi connectivity index (χ1n) is 3.40. The number of ether oxygens (including phenoxy) is 1. The number of alkyl carbamates (subject to hydrolysis) is 1. The number of hydrogen-bond donors (Lipinski definition) is 2. The maximum absolute atomic E-state index is 10.5. The van der Waals surface area contributed by atoms with Gasteiger partial charge in [-0.05, 0) is 6.42 Å². The van der Waals surface area contributed by atoms with E-state index in [1.165, 1.54) is 0 Å². The topological polar surface area (TPSA) is 81.4 Å². The Kier molecular flexibility index (Phi) is 4.89. The summed E-state index contributed by atoms with van der Waals surface area (Å²) >= 11 is 0. The molecule has 0 saturated carbocycles. The molecule has 0 heterocycles. The first-order valence-corrected chi connectivity index (χ1v) is 3.40. The number of carbonyl (C=O) groups is 2. The van der Waals surface area contributed by atoms with Gasteiger partial charge in [-0.3, -0.25) is 0 Å². The van der Waals surface area contributed by atoms with Crippen LogP contribution in [0, 0.1) is 0 Å². The van der Waals surface area contributed by atoms with E-state index in [-0.39, 0.29) is 0 Å². The molecule has 3 amide bonds. The minimum absolute atomic E-state index is 0.315. The Hall–Kier alpha value is -1.26.